The van der Waals surface area contributed by atoms with Crippen LogP contribution in [0.2, 0.25) is 0 Å². The highest BCUT2D eigenvalue weighted by Gasteiger charge is 2.12. The van der Waals surface area contributed by atoms with E-state index < -0.39 is 11.6 Å². The Balaban J connectivity index is 1.64. The summed E-state index contributed by atoms with van der Waals surface area (Å²) in [5.41, 5.74) is 1.23. The van der Waals surface area contributed by atoms with Crippen molar-refractivity contribution in [3.63, 3.8) is 0 Å². The van der Waals surface area contributed by atoms with Crippen molar-refractivity contribution in [2.24, 2.45) is 0 Å². The average molecular weight is 359 g/mol. The van der Waals surface area contributed by atoms with E-state index in [-0.39, 0.29) is 16.2 Å². The van der Waals surface area contributed by atoms with Gasteiger partial charge in [-0.25, -0.2) is 18.3 Å². The summed E-state index contributed by atoms with van der Waals surface area (Å²) in [5.74, 6) is -0.968. The minimum Gasteiger partial charge on any atom is -0.463 e. The third kappa shape index (κ3) is 2.96. The minimum absolute atomic E-state index is 0.173. The number of aromatic amines is 1. The average Bonchev–Trinajstić information content (AvgIpc) is 3.25. The highest BCUT2D eigenvalue weighted by molar-refractivity contribution is 7.98. The van der Waals surface area contributed by atoms with Crippen molar-refractivity contribution < 1.29 is 13.2 Å². The smallest absolute Gasteiger partial charge is 0.272 e. The molecule has 0 saturated heterocycles. The first-order valence-corrected chi connectivity index (χ1v) is 8.33. The lowest BCUT2D eigenvalue weighted by atomic mass is 10.3. The summed E-state index contributed by atoms with van der Waals surface area (Å²) in [6, 6.07) is 10.5. The van der Waals surface area contributed by atoms with Crippen LogP contribution < -0.4 is 5.56 Å². The number of H-pyrrole nitrogens is 1. The van der Waals surface area contributed by atoms with E-state index in [4.69, 9.17) is 4.42 Å². The van der Waals surface area contributed by atoms with Gasteiger partial charge < -0.3 is 4.42 Å². The van der Waals surface area contributed by atoms with Gasteiger partial charge in [-0.15, -0.1) is 11.8 Å². The minimum atomic E-state index is -0.901. The number of nitrogens with zero attached hydrogens (tertiary/aromatic N) is 2. The molecule has 5 nitrogen and oxygen atoms in total. The maximum atomic E-state index is 13.7. The summed E-state index contributed by atoms with van der Waals surface area (Å²) in [5, 5.41) is 2.92. The fourth-order valence-electron chi connectivity index (χ4n) is 2.42. The highest BCUT2D eigenvalue weighted by Crippen LogP contribution is 2.26. The van der Waals surface area contributed by atoms with Crippen LogP contribution >= 0.6 is 11.8 Å². The summed E-state index contributed by atoms with van der Waals surface area (Å²) in [4.78, 5) is 16.8. The van der Waals surface area contributed by atoms with Gasteiger partial charge in [0.15, 0.2) is 23.0 Å². The standard InChI is InChI=1S/C17H11F2N3O2S/c18-11-3-1-5-14(17(11)19)25-9-10-7-16(23)22-15(20-10)8-12(21-22)13-4-2-6-24-13/h1-8,21H,9H2. The van der Waals surface area contributed by atoms with E-state index in [1.165, 1.54) is 29.0 Å². The highest BCUT2D eigenvalue weighted by atomic mass is 32.2. The molecule has 0 atom stereocenters. The van der Waals surface area contributed by atoms with Crippen LogP contribution in [0, 0.1) is 11.6 Å². The predicted octanol–water partition coefficient (Wildman–Crippen LogP) is 3.85. The summed E-state index contributed by atoms with van der Waals surface area (Å²) in [6.45, 7) is 0. The maximum absolute atomic E-state index is 13.7. The van der Waals surface area contributed by atoms with Crippen LogP contribution in [0.5, 0.6) is 0 Å². The van der Waals surface area contributed by atoms with E-state index in [1.807, 2.05) is 0 Å². The molecule has 0 bridgehead atoms. The molecule has 8 heteroatoms. The lowest BCUT2D eigenvalue weighted by Crippen LogP contribution is -2.15. The second-order valence-corrected chi connectivity index (χ2v) is 6.28. The summed E-state index contributed by atoms with van der Waals surface area (Å²) < 4.78 is 33.5. The topological polar surface area (TPSA) is 63.3 Å². The zero-order valence-electron chi connectivity index (χ0n) is 12.7. The Labute approximate surface area is 144 Å². The van der Waals surface area contributed by atoms with Gasteiger partial charge in [0, 0.05) is 22.8 Å². The Kier molecular flexibility index (Phi) is 3.89. The van der Waals surface area contributed by atoms with Gasteiger partial charge in [-0.1, -0.05) is 6.07 Å². The molecule has 0 amide bonds. The van der Waals surface area contributed by atoms with Crippen LogP contribution in [-0.2, 0) is 5.75 Å². The monoisotopic (exact) mass is 359 g/mol. The maximum Gasteiger partial charge on any atom is 0.272 e. The first-order chi connectivity index (χ1) is 12.1. The summed E-state index contributed by atoms with van der Waals surface area (Å²) in [7, 11) is 0. The molecule has 0 aliphatic carbocycles. The molecule has 4 aromatic rings. The van der Waals surface area contributed by atoms with Crippen LogP contribution in [0.4, 0.5) is 8.78 Å². The van der Waals surface area contributed by atoms with E-state index in [0.717, 1.165) is 17.8 Å². The van der Waals surface area contributed by atoms with Crippen molar-refractivity contribution in [1.29, 1.82) is 0 Å². The van der Waals surface area contributed by atoms with Gasteiger partial charge in [-0.05, 0) is 24.3 Å². The first kappa shape index (κ1) is 15.6. The van der Waals surface area contributed by atoms with Gasteiger partial charge in [0.1, 0.15) is 5.69 Å². The fourth-order valence-corrected chi connectivity index (χ4v) is 3.27. The number of aromatic nitrogens is 3. The number of nitrogens with one attached hydrogen (secondary N) is 1. The zero-order chi connectivity index (χ0) is 17.4. The van der Waals surface area contributed by atoms with Gasteiger partial charge in [0.25, 0.3) is 5.56 Å². The van der Waals surface area contributed by atoms with Crippen molar-refractivity contribution in [1.82, 2.24) is 14.6 Å². The molecule has 0 unspecified atom stereocenters. The molecule has 0 aliphatic rings. The molecule has 25 heavy (non-hydrogen) atoms. The third-order valence-corrected chi connectivity index (χ3v) is 4.65. The number of rotatable bonds is 4. The van der Waals surface area contributed by atoms with Gasteiger partial charge in [0.2, 0.25) is 0 Å². The summed E-state index contributed by atoms with van der Waals surface area (Å²) in [6.07, 6.45) is 1.53. The second-order valence-electron chi connectivity index (χ2n) is 5.27. The molecule has 0 aliphatic heterocycles. The second kappa shape index (κ2) is 6.21. The van der Waals surface area contributed by atoms with Crippen molar-refractivity contribution in [3.8, 4) is 11.5 Å². The van der Waals surface area contributed by atoms with Crippen LogP contribution in [-0.4, -0.2) is 14.6 Å². The lowest BCUT2D eigenvalue weighted by molar-refractivity contribution is 0.491. The number of benzene rings is 1. The van der Waals surface area contributed by atoms with Crippen molar-refractivity contribution in [2.75, 3.05) is 0 Å². The Hall–Kier alpha value is -2.87. The molecule has 0 saturated carbocycles. The molecule has 0 spiro atoms. The van der Waals surface area contributed by atoms with Gasteiger partial charge in [-0.3, -0.25) is 9.89 Å². The molecule has 0 fully saturated rings. The van der Waals surface area contributed by atoms with Gasteiger partial charge in [0.05, 0.1) is 12.0 Å². The fraction of sp³-hybridized carbons (Fsp3) is 0.0588. The van der Waals surface area contributed by atoms with Crippen LogP contribution in [0.1, 0.15) is 5.69 Å². The normalized spacial score (nSPS) is 11.3. The number of fused-ring (bicyclic) bond motifs is 1. The quantitative estimate of drug-likeness (QED) is 0.562. The molecule has 1 aromatic carbocycles. The zero-order valence-corrected chi connectivity index (χ0v) is 13.5. The molecular formula is C17H11F2N3O2S. The number of hydrogen-bond acceptors (Lipinski definition) is 4. The molecular weight excluding hydrogens is 348 g/mol. The van der Waals surface area contributed by atoms with Crippen molar-refractivity contribution >= 4 is 17.4 Å². The molecule has 0 radical (unpaired) electrons. The van der Waals surface area contributed by atoms with Gasteiger partial charge in [-0.2, -0.15) is 0 Å². The van der Waals surface area contributed by atoms with Crippen molar-refractivity contribution in [3.05, 3.63) is 76.4 Å². The van der Waals surface area contributed by atoms with E-state index in [9.17, 15) is 13.6 Å². The Morgan fingerprint density at radius 2 is 2.08 bits per heavy atom. The molecule has 1 N–H and O–H groups in total. The molecule has 3 aromatic heterocycles. The van der Waals surface area contributed by atoms with E-state index in [0.29, 0.717) is 22.8 Å². The summed E-state index contributed by atoms with van der Waals surface area (Å²) >= 11 is 1.08. The number of thioether (sulfide) groups is 1. The Bertz CT molecular complexity index is 1100. The van der Waals surface area contributed by atoms with Crippen molar-refractivity contribution in [2.45, 2.75) is 10.6 Å². The van der Waals surface area contributed by atoms with E-state index in [2.05, 4.69) is 10.1 Å². The molecule has 3 heterocycles. The van der Waals surface area contributed by atoms with E-state index >= 15 is 0 Å². The molecule has 126 valence electrons. The van der Waals surface area contributed by atoms with Crippen LogP contribution in [0.3, 0.4) is 0 Å². The predicted molar refractivity (Wildman–Crippen MR) is 89.4 cm³/mol. The Morgan fingerprint density at radius 1 is 1.20 bits per heavy atom. The van der Waals surface area contributed by atoms with Crippen LogP contribution in [0.25, 0.3) is 17.1 Å². The lowest BCUT2D eigenvalue weighted by Gasteiger charge is -2.03. The largest absolute Gasteiger partial charge is 0.463 e. The number of hydrogen-bond donors (Lipinski definition) is 1. The van der Waals surface area contributed by atoms with Crippen LogP contribution in [0.15, 0.2) is 62.8 Å². The first-order valence-electron chi connectivity index (χ1n) is 7.34. The van der Waals surface area contributed by atoms with Gasteiger partial charge >= 0.3 is 0 Å². The SMILES string of the molecule is O=c1cc(CSc2cccc(F)c2F)nc2cc(-c3ccco3)[nH]n12. The number of halogens is 2. The van der Waals surface area contributed by atoms with E-state index in [1.54, 1.807) is 18.2 Å². The number of furan rings is 1. The third-order valence-electron chi connectivity index (χ3n) is 3.58. The molecule has 4 rings (SSSR count). The Morgan fingerprint density at radius 3 is 2.88 bits per heavy atom.